The first kappa shape index (κ1) is 10.7. The van der Waals surface area contributed by atoms with Crippen molar-refractivity contribution >= 4 is 11.6 Å². The highest BCUT2D eigenvalue weighted by Gasteiger charge is 2.22. The van der Waals surface area contributed by atoms with Crippen molar-refractivity contribution in [2.45, 2.75) is 13.3 Å². The number of benzene rings is 1. The van der Waals surface area contributed by atoms with E-state index in [-0.39, 0.29) is 7.33 Å². The number of carbonyl (C=O) groups excluding carboxylic acids is 1. The van der Waals surface area contributed by atoms with Gasteiger partial charge in [0.25, 0.3) is 5.91 Å². The lowest BCUT2D eigenvalue weighted by Gasteiger charge is -2.19. The van der Waals surface area contributed by atoms with E-state index in [1.807, 2.05) is 29.2 Å². The minimum atomic E-state index is 0. The minimum absolute atomic E-state index is 0. The van der Waals surface area contributed by atoms with Crippen molar-refractivity contribution in [2.24, 2.45) is 0 Å². The number of anilines is 1. The quantitative estimate of drug-likeness (QED) is 0.827. The van der Waals surface area contributed by atoms with E-state index in [1.54, 1.807) is 0 Å². The normalized spacial score (nSPS) is 15.4. The summed E-state index contributed by atoms with van der Waals surface area (Å²) in [6.07, 6.45) is 0.960. The Labute approximate surface area is 97.2 Å². The molecule has 3 nitrogen and oxygen atoms in total. The summed E-state index contributed by atoms with van der Waals surface area (Å²) < 4.78 is 0. The van der Waals surface area contributed by atoms with Gasteiger partial charge in [-0.1, -0.05) is 25.6 Å². The lowest BCUT2D eigenvalue weighted by Crippen LogP contribution is -2.32. The number of hydrogen-bond acceptors (Lipinski definition) is 2. The molecule has 0 bridgehead atoms. The predicted octanol–water partition coefficient (Wildman–Crippen LogP) is 2.72. The molecule has 1 N–H and O–H groups in total. The lowest BCUT2D eigenvalue weighted by molar-refractivity contribution is 0.0775. The molecule has 0 atom stereocenters. The van der Waals surface area contributed by atoms with Crippen LogP contribution in [0.15, 0.2) is 36.5 Å². The summed E-state index contributed by atoms with van der Waals surface area (Å²) in [5.41, 5.74) is 2.46. The Balaban J connectivity index is 0.00000144. The number of fused-ring (bicyclic) bond motifs is 1. The van der Waals surface area contributed by atoms with Crippen molar-refractivity contribution < 1.29 is 6.22 Å². The van der Waals surface area contributed by atoms with E-state index >= 15 is 0 Å². The number of rotatable bonds is 2. The zero-order chi connectivity index (χ0) is 11.5. The third-order valence-corrected chi connectivity index (χ3v) is 2.63. The van der Waals surface area contributed by atoms with Gasteiger partial charge >= 0.3 is 0 Å². The van der Waals surface area contributed by atoms with E-state index in [9.17, 15) is 4.79 Å². The van der Waals surface area contributed by atoms with Crippen molar-refractivity contribution in [3.63, 3.8) is 0 Å². The average molecular weight is 218 g/mol. The van der Waals surface area contributed by atoms with E-state index in [0.717, 1.165) is 29.9 Å². The van der Waals surface area contributed by atoms with Crippen molar-refractivity contribution in [1.82, 2.24) is 4.90 Å². The molecule has 1 aromatic carbocycles. The second-order valence-corrected chi connectivity index (χ2v) is 4.00. The van der Waals surface area contributed by atoms with Crippen molar-refractivity contribution in [1.29, 1.82) is 0 Å². The molecular formula is C13H18N2O. The maximum atomic E-state index is 12.2. The number of nitrogens with one attached hydrogen (secondary N) is 1. The SMILES string of the molecule is C=C1CN(CCC)C(=O)c2ccccc2N1.[HH]. The van der Waals surface area contributed by atoms with E-state index in [1.165, 1.54) is 0 Å². The van der Waals surface area contributed by atoms with Crippen molar-refractivity contribution in [3.8, 4) is 0 Å². The average Bonchev–Trinajstić information content (AvgIpc) is 2.38. The van der Waals surface area contributed by atoms with Gasteiger partial charge in [-0.3, -0.25) is 4.79 Å². The molecule has 86 valence electrons. The van der Waals surface area contributed by atoms with Crippen LogP contribution in [0.1, 0.15) is 25.1 Å². The van der Waals surface area contributed by atoms with Gasteiger partial charge in [0.1, 0.15) is 0 Å². The van der Waals surface area contributed by atoms with E-state index in [2.05, 4.69) is 18.8 Å². The maximum absolute atomic E-state index is 12.2. The van der Waals surface area contributed by atoms with E-state index in [0.29, 0.717) is 6.54 Å². The highest BCUT2D eigenvalue weighted by Crippen LogP contribution is 2.22. The fraction of sp³-hybridized carbons (Fsp3) is 0.308. The fourth-order valence-electron chi connectivity index (χ4n) is 1.93. The molecule has 0 fully saturated rings. The molecule has 1 heterocycles. The third-order valence-electron chi connectivity index (χ3n) is 2.63. The Morgan fingerprint density at radius 2 is 2.25 bits per heavy atom. The van der Waals surface area contributed by atoms with E-state index in [4.69, 9.17) is 0 Å². The summed E-state index contributed by atoms with van der Waals surface area (Å²) in [6, 6.07) is 7.57. The molecule has 1 aliphatic heterocycles. The Hall–Kier alpha value is -1.77. The number of para-hydroxylation sites is 1. The molecule has 0 radical (unpaired) electrons. The molecule has 0 saturated heterocycles. The van der Waals surface area contributed by atoms with Crippen LogP contribution in [0.4, 0.5) is 5.69 Å². The standard InChI is InChI=1S/C13H16N2O.H2/c1-3-8-15-9-10(2)14-12-7-5-4-6-11(12)13(15)16;/h4-7,14H,2-3,8-9H2,1H3;1H. The van der Waals surface area contributed by atoms with Crippen LogP contribution in [-0.2, 0) is 0 Å². The Morgan fingerprint density at radius 1 is 1.50 bits per heavy atom. The smallest absolute Gasteiger partial charge is 0.256 e. The first-order valence-electron chi connectivity index (χ1n) is 5.55. The molecule has 1 aliphatic rings. The van der Waals surface area contributed by atoms with Crippen molar-refractivity contribution in [2.75, 3.05) is 18.4 Å². The Morgan fingerprint density at radius 3 is 3.00 bits per heavy atom. The van der Waals surface area contributed by atoms with Gasteiger partial charge < -0.3 is 10.2 Å². The second-order valence-electron chi connectivity index (χ2n) is 4.00. The molecule has 16 heavy (non-hydrogen) atoms. The first-order valence-corrected chi connectivity index (χ1v) is 5.55. The molecule has 1 aromatic rings. The van der Waals surface area contributed by atoms with Crippen LogP contribution in [0, 0.1) is 0 Å². The third kappa shape index (κ3) is 1.94. The monoisotopic (exact) mass is 218 g/mol. The van der Waals surface area contributed by atoms with Gasteiger partial charge in [-0.05, 0) is 18.6 Å². The largest absolute Gasteiger partial charge is 0.357 e. The lowest BCUT2D eigenvalue weighted by atomic mass is 10.1. The summed E-state index contributed by atoms with van der Waals surface area (Å²) in [5.74, 6) is 0.0867. The van der Waals surface area contributed by atoms with Crippen LogP contribution < -0.4 is 5.32 Å². The van der Waals surface area contributed by atoms with Gasteiger partial charge in [0.15, 0.2) is 0 Å². The molecule has 2 rings (SSSR count). The molecule has 0 saturated carbocycles. The minimum Gasteiger partial charge on any atom is -0.357 e. The summed E-state index contributed by atoms with van der Waals surface area (Å²) in [6.45, 7) is 7.36. The zero-order valence-electron chi connectivity index (χ0n) is 9.49. The van der Waals surface area contributed by atoms with Crippen LogP contribution in [-0.4, -0.2) is 23.9 Å². The Kier molecular flexibility index (Phi) is 2.95. The summed E-state index contributed by atoms with van der Waals surface area (Å²) in [5, 5.41) is 3.18. The van der Waals surface area contributed by atoms with Gasteiger partial charge in [0, 0.05) is 13.7 Å². The van der Waals surface area contributed by atoms with Gasteiger partial charge in [0.2, 0.25) is 0 Å². The second kappa shape index (κ2) is 4.39. The molecule has 0 unspecified atom stereocenters. The van der Waals surface area contributed by atoms with Crippen LogP contribution >= 0.6 is 0 Å². The highest BCUT2D eigenvalue weighted by atomic mass is 16.2. The number of carbonyl (C=O) groups is 1. The maximum Gasteiger partial charge on any atom is 0.256 e. The van der Waals surface area contributed by atoms with Gasteiger partial charge in [-0.15, -0.1) is 0 Å². The fourth-order valence-corrected chi connectivity index (χ4v) is 1.93. The highest BCUT2D eigenvalue weighted by molar-refractivity contribution is 6.00. The molecule has 0 spiro atoms. The zero-order valence-corrected chi connectivity index (χ0v) is 9.49. The molecule has 3 heteroatoms. The van der Waals surface area contributed by atoms with Crippen LogP contribution in [0.2, 0.25) is 0 Å². The number of nitrogens with zero attached hydrogens (tertiary/aromatic N) is 1. The van der Waals surface area contributed by atoms with Gasteiger partial charge in [-0.25, -0.2) is 0 Å². The van der Waals surface area contributed by atoms with Crippen LogP contribution in [0.3, 0.4) is 0 Å². The topological polar surface area (TPSA) is 32.3 Å². The summed E-state index contributed by atoms with van der Waals surface area (Å²) in [4.78, 5) is 14.1. The van der Waals surface area contributed by atoms with Crippen LogP contribution in [0.5, 0.6) is 0 Å². The number of amides is 1. The molecule has 0 aliphatic carbocycles. The first-order chi connectivity index (χ1) is 7.72. The summed E-state index contributed by atoms with van der Waals surface area (Å²) in [7, 11) is 0. The van der Waals surface area contributed by atoms with Crippen LogP contribution in [0.25, 0.3) is 0 Å². The van der Waals surface area contributed by atoms with Gasteiger partial charge in [0.05, 0.1) is 17.8 Å². The van der Waals surface area contributed by atoms with Crippen molar-refractivity contribution in [3.05, 3.63) is 42.1 Å². The molecule has 1 amide bonds. The summed E-state index contributed by atoms with van der Waals surface area (Å²) >= 11 is 0. The molecular weight excluding hydrogens is 200 g/mol. The van der Waals surface area contributed by atoms with Gasteiger partial charge in [-0.2, -0.15) is 0 Å². The predicted molar refractivity (Wildman–Crippen MR) is 67.5 cm³/mol. The Bertz CT molecular complexity index is 431. The molecule has 0 aromatic heterocycles. The number of hydrogen-bond donors (Lipinski definition) is 1. The van der Waals surface area contributed by atoms with E-state index < -0.39 is 0 Å².